The minimum atomic E-state index is -1.03. The standard InChI is InChI=1S/C23H34N4O2.HI/c1-6-24-22(26-17-23(2,28)19-12-8-7-9-13-19)25-16-21(27(3)4)18-11-10-14-20(15-18)29-5;/h7-15,21,28H,6,16-17H2,1-5H3,(H2,24,25,26);1H. The Bertz CT molecular complexity index is 782. The predicted molar refractivity (Wildman–Crippen MR) is 135 cm³/mol. The third kappa shape index (κ3) is 7.77. The van der Waals surface area contributed by atoms with Crippen LogP contribution in [0.1, 0.15) is 31.0 Å². The summed E-state index contributed by atoms with van der Waals surface area (Å²) in [4.78, 5) is 6.78. The highest BCUT2D eigenvalue weighted by Crippen LogP contribution is 2.22. The van der Waals surface area contributed by atoms with Gasteiger partial charge in [-0.1, -0.05) is 42.5 Å². The van der Waals surface area contributed by atoms with Crippen LogP contribution in [0.2, 0.25) is 0 Å². The summed E-state index contributed by atoms with van der Waals surface area (Å²) in [6, 6.07) is 17.9. The third-order valence-electron chi connectivity index (χ3n) is 4.85. The molecule has 0 saturated carbocycles. The first-order valence-corrected chi connectivity index (χ1v) is 9.98. The van der Waals surface area contributed by atoms with E-state index in [9.17, 15) is 5.11 Å². The van der Waals surface area contributed by atoms with Crippen LogP contribution in [-0.2, 0) is 5.60 Å². The van der Waals surface area contributed by atoms with Crippen molar-refractivity contribution in [2.24, 2.45) is 4.99 Å². The van der Waals surface area contributed by atoms with Gasteiger partial charge in [-0.25, -0.2) is 4.99 Å². The van der Waals surface area contributed by atoms with E-state index in [0.717, 1.165) is 23.4 Å². The Kier molecular flexibility index (Phi) is 11.1. The molecule has 0 fully saturated rings. The second-order valence-electron chi connectivity index (χ2n) is 7.47. The van der Waals surface area contributed by atoms with E-state index in [-0.39, 0.29) is 36.6 Å². The number of likely N-dealkylation sites (N-methyl/N-ethyl adjacent to an activating group) is 1. The van der Waals surface area contributed by atoms with Gasteiger partial charge < -0.3 is 25.4 Å². The second kappa shape index (κ2) is 12.8. The number of rotatable bonds is 9. The first kappa shape index (κ1) is 26.2. The fourth-order valence-corrected chi connectivity index (χ4v) is 3.10. The molecule has 0 amide bonds. The Hall–Kier alpha value is -1.84. The normalized spacial score (nSPS) is 14.4. The minimum absolute atomic E-state index is 0. The molecule has 0 heterocycles. The topological polar surface area (TPSA) is 69.1 Å². The molecule has 2 rings (SSSR count). The van der Waals surface area contributed by atoms with Gasteiger partial charge in [0, 0.05) is 13.1 Å². The van der Waals surface area contributed by atoms with Gasteiger partial charge in [0.1, 0.15) is 11.4 Å². The van der Waals surface area contributed by atoms with Crippen LogP contribution in [0.3, 0.4) is 0 Å². The molecular formula is C23H35IN4O2. The molecule has 0 aromatic heterocycles. The van der Waals surface area contributed by atoms with Crippen molar-refractivity contribution in [3.05, 3.63) is 65.7 Å². The zero-order valence-corrected chi connectivity index (χ0v) is 20.9. The van der Waals surface area contributed by atoms with E-state index in [1.165, 1.54) is 0 Å². The van der Waals surface area contributed by atoms with Crippen molar-refractivity contribution < 1.29 is 9.84 Å². The number of aliphatic imine (C=N–C) groups is 1. The summed E-state index contributed by atoms with van der Waals surface area (Å²) in [5.41, 5.74) is 0.980. The van der Waals surface area contributed by atoms with Gasteiger partial charge in [-0.05, 0) is 51.2 Å². The van der Waals surface area contributed by atoms with E-state index in [4.69, 9.17) is 4.74 Å². The van der Waals surface area contributed by atoms with E-state index >= 15 is 0 Å². The summed E-state index contributed by atoms with van der Waals surface area (Å²) >= 11 is 0. The smallest absolute Gasteiger partial charge is 0.191 e. The Labute approximate surface area is 197 Å². The van der Waals surface area contributed by atoms with Crippen LogP contribution in [0.5, 0.6) is 5.75 Å². The summed E-state index contributed by atoms with van der Waals surface area (Å²) in [6.45, 7) is 5.48. The number of hydrogen-bond donors (Lipinski definition) is 3. The number of benzene rings is 2. The van der Waals surface area contributed by atoms with E-state index in [2.05, 4.69) is 46.8 Å². The Morgan fingerprint density at radius 1 is 1.13 bits per heavy atom. The van der Waals surface area contributed by atoms with Crippen LogP contribution < -0.4 is 15.4 Å². The van der Waals surface area contributed by atoms with Crippen LogP contribution in [0.15, 0.2) is 59.6 Å². The molecule has 3 N–H and O–H groups in total. The first-order chi connectivity index (χ1) is 13.9. The molecule has 0 aliphatic heterocycles. The molecule has 0 aliphatic rings. The number of nitrogens with zero attached hydrogens (tertiary/aromatic N) is 2. The molecule has 0 radical (unpaired) electrons. The van der Waals surface area contributed by atoms with Gasteiger partial charge in [0.25, 0.3) is 0 Å². The highest BCUT2D eigenvalue weighted by atomic mass is 127. The maximum atomic E-state index is 10.8. The number of methoxy groups -OCH3 is 1. The van der Waals surface area contributed by atoms with Crippen LogP contribution in [0.25, 0.3) is 0 Å². The number of nitrogens with one attached hydrogen (secondary N) is 2. The lowest BCUT2D eigenvalue weighted by molar-refractivity contribution is 0.0672. The fourth-order valence-electron chi connectivity index (χ4n) is 3.10. The molecule has 2 atom stereocenters. The van der Waals surface area contributed by atoms with Crippen molar-refractivity contribution in [2.75, 3.05) is 40.8 Å². The number of hydrogen-bond acceptors (Lipinski definition) is 4. The summed E-state index contributed by atoms with van der Waals surface area (Å²) < 4.78 is 5.36. The van der Waals surface area contributed by atoms with Crippen molar-refractivity contribution >= 4 is 29.9 Å². The van der Waals surface area contributed by atoms with Crippen molar-refractivity contribution in [1.29, 1.82) is 0 Å². The summed E-state index contributed by atoms with van der Waals surface area (Å²) in [5.74, 6) is 1.52. The zero-order valence-electron chi connectivity index (χ0n) is 18.6. The van der Waals surface area contributed by atoms with Crippen molar-refractivity contribution in [2.45, 2.75) is 25.5 Å². The molecule has 0 saturated heterocycles. The monoisotopic (exact) mass is 526 g/mol. The van der Waals surface area contributed by atoms with Gasteiger partial charge in [-0.15, -0.1) is 24.0 Å². The SMILES string of the molecule is CCNC(=NCC(C)(O)c1ccccc1)NCC(c1cccc(OC)c1)N(C)C.I. The summed E-state index contributed by atoms with van der Waals surface area (Å²) in [7, 11) is 5.78. The predicted octanol–water partition coefficient (Wildman–Crippen LogP) is 3.38. The molecular weight excluding hydrogens is 491 g/mol. The van der Waals surface area contributed by atoms with Gasteiger partial charge >= 0.3 is 0 Å². The van der Waals surface area contributed by atoms with E-state index in [0.29, 0.717) is 12.5 Å². The molecule has 30 heavy (non-hydrogen) atoms. The number of halogens is 1. The average Bonchev–Trinajstić information content (AvgIpc) is 2.72. The molecule has 166 valence electrons. The fraction of sp³-hybridized carbons (Fsp3) is 0.435. The van der Waals surface area contributed by atoms with Gasteiger partial charge in [0.05, 0.1) is 19.7 Å². The molecule has 0 aliphatic carbocycles. The molecule has 6 nitrogen and oxygen atoms in total. The average molecular weight is 526 g/mol. The van der Waals surface area contributed by atoms with Crippen molar-refractivity contribution in [3.8, 4) is 5.75 Å². The van der Waals surface area contributed by atoms with Gasteiger partial charge in [-0.2, -0.15) is 0 Å². The van der Waals surface area contributed by atoms with E-state index < -0.39 is 5.60 Å². The number of aliphatic hydroxyl groups is 1. The first-order valence-electron chi connectivity index (χ1n) is 9.98. The molecule has 2 aromatic carbocycles. The molecule has 2 unspecified atom stereocenters. The van der Waals surface area contributed by atoms with Gasteiger partial charge in [-0.3, -0.25) is 0 Å². The lowest BCUT2D eigenvalue weighted by Gasteiger charge is -2.27. The molecule has 0 spiro atoms. The highest BCUT2D eigenvalue weighted by molar-refractivity contribution is 14.0. The lowest BCUT2D eigenvalue weighted by Crippen LogP contribution is -2.42. The molecule has 0 bridgehead atoms. The Balaban J connectivity index is 0.00000450. The van der Waals surface area contributed by atoms with Crippen LogP contribution in [0, 0.1) is 0 Å². The number of ether oxygens (including phenoxy) is 1. The highest BCUT2D eigenvalue weighted by Gasteiger charge is 2.23. The second-order valence-corrected chi connectivity index (χ2v) is 7.47. The lowest BCUT2D eigenvalue weighted by atomic mass is 9.96. The minimum Gasteiger partial charge on any atom is -0.497 e. The third-order valence-corrected chi connectivity index (χ3v) is 4.85. The van der Waals surface area contributed by atoms with Crippen molar-refractivity contribution in [3.63, 3.8) is 0 Å². The van der Waals surface area contributed by atoms with E-state index in [1.54, 1.807) is 14.0 Å². The summed E-state index contributed by atoms with van der Waals surface area (Å²) in [6.07, 6.45) is 0. The largest absolute Gasteiger partial charge is 0.497 e. The Morgan fingerprint density at radius 3 is 2.43 bits per heavy atom. The molecule has 7 heteroatoms. The quantitative estimate of drug-likeness (QED) is 0.266. The van der Waals surface area contributed by atoms with Gasteiger partial charge in [0.15, 0.2) is 5.96 Å². The van der Waals surface area contributed by atoms with Crippen molar-refractivity contribution in [1.82, 2.24) is 15.5 Å². The van der Waals surface area contributed by atoms with Crippen LogP contribution >= 0.6 is 24.0 Å². The van der Waals surface area contributed by atoms with Gasteiger partial charge in [0.2, 0.25) is 0 Å². The number of guanidine groups is 1. The maximum Gasteiger partial charge on any atom is 0.191 e. The molecule has 2 aromatic rings. The van der Waals surface area contributed by atoms with E-state index in [1.807, 2.05) is 49.4 Å². The van der Waals surface area contributed by atoms with Crippen LogP contribution in [-0.4, -0.2) is 56.8 Å². The van der Waals surface area contributed by atoms with Crippen LogP contribution in [0.4, 0.5) is 0 Å². The maximum absolute atomic E-state index is 10.8. The zero-order chi connectivity index (χ0) is 21.3. The summed E-state index contributed by atoms with van der Waals surface area (Å²) in [5, 5.41) is 17.5. The Morgan fingerprint density at radius 2 is 1.83 bits per heavy atom.